The van der Waals surface area contributed by atoms with E-state index in [4.69, 9.17) is 16.3 Å². The van der Waals surface area contributed by atoms with Crippen molar-refractivity contribution in [3.05, 3.63) is 70.2 Å². The first-order chi connectivity index (χ1) is 18.2. The number of nitrogens with zero attached hydrogens (tertiary/aromatic N) is 1. The van der Waals surface area contributed by atoms with Gasteiger partial charge >= 0.3 is 0 Å². The van der Waals surface area contributed by atoms with Gasteiger partial charge in [0.05, 0.1) is 17.5 Å². The second kappa shape index (κ2) is 17.4. The van der Waals surface area contributed by atoms with Gasteiger partial charge < -0.3 is 15.0 Å². The number of hydrogen-bond acceptors (Lipinski definition) is 4. The molecule has 2 aromatic carbocycles. The molecule has 1 amide bonds. The summed E-state index contributed by atoms with van der Waals surface area (Å²) in [5.74, 6) is 1.49. The number of hydrogen-bond donors (Lipinski definition) is 1. The van der Waals surface area contributed by atoms with Crippen LogP contribution < -0.4 is 10.1 Å². The minimum absolute atomic E-state index is 0.149. The maximum Gasteiger partial charge on any atom is 0.255 e. The second-order valence-corrected chi connectivity index (χ2v) is 11.1. The van der Waals surface area contributed by atoms with E-state index in [1.54, 1.807) is 17.8 Å². The van der Waals surface area contributed by atoms with Crippen molar-refractivity contribution in [3.8, 4) is 5.75 Å². The average molecular weight is 543 g/mol. The molecule has 4 nitrogen and oxygen atoms in total. The molecule has 1 aliphatic heterocycles. The fourth-order valence-corrected chi connectivity index (χ4v) is 5.38. The highest BCUT2D eigenvalue weighted by atomic mass is 35.5. The highest BCUT2D eigenvalue weighted by molar-refractivity contribution is 8.02. The maximum atomic E-state index is 12.7. The highest BCUT2D eigenvalue weighted by Gasteiger charge is 2.10. The molecule has 1 N–H and O–H groups in total. The topological polar surface area (TPSA) is 41.6 Å². The number of rotatable bonds is 18. The molecule has 0 aliphatic carbocycles. The van der Waals surface area contributed by atoms with Crippen LogP contribution in [-0.4, -0.2) is 23.3 Å². The van der Waals surface area contributed by atoms with Crippen molar-refractivity contribution in [1.29, 1.82) is 0 Å². The van der Waals surface area contributed by atoms with Crippen LogP contribution in [0.3, 0.4) is 0 Å². The number of nitrogens with one attached hydrogen (secondary N) is 1. The third-order valence-electron chi connectivity index (χ3n) is 6.66. The number of benzene rings is 2. The highest BCUT2D eigenvalue weighted by Crippen LogP contribution is 2.28. The Hall–Kier alpha value is -2.11. The van der Waals surface area contributed by atoms with Gasteiger partial charge in [-0.15, -0.1) is 11.8 Å². The van der Waals surface area contributed by atoms with Gasteiger partial charge in [-0.25, -0.2) is 0 Å². The summed E-state index contributed by atoms with van der Waals surface area (Å²) < 4.78 is 5.89. The molecule has 37 heavy (non-hydrogen) atoms. The van der Waals surface area contributed by atoms with E-state index in [1.807, 2.05) is 36.4 Å². The van der Waals surface area contributed by atoms with Gasteiger partial charge in [-0.05, 0) is 47.7 Å². The van der Waals surface area contributed by atoms with E-state index in [1.165, 1.54) is 76.2 Å². The smallest absolute Gasteiger partial charge is 0.255 e. The first-order valence-corrected chi connectivity index (χ1v) is 15.4. The minimum atomic E-state index is -0.149. The normalized spacial score (nSPS) is 12.8. The lowest BCUT2D eigenvalue weighted by molar-refractivity contribution is 0.102. The summed E-state index contributed by atoms with van der Waals surface area (Å²) in [6.07, 6.45) is 18.0. The van der Waals surface area contributed by atoms with Gasteiger partial charge in [0.2, 0.25) is 0 Å². The van der Waals surface area contributed by atoms with Crippen molar-refractivity contribution in [2.75, 3.05) is 17.8 Å². The fraction of sp³-hybridized carbons (Fsp3) is 0.516. The monoisotopic (exact) mass is 542 g/mol. The Kier molecular flexibility index (Phi) is 13.9. The molecule has 0 fully saturated rings. The second-order valence-electron chi connectivity index (χ2n) is 9.86. The van der Waals surface area contributed by atoms with Gasteiger partial charge in [0.15, 0.2) is 0 Å². The van der Waals surface area contributed by atoms with Crippen molar-refractivity contribution in [3.63, 3.8) is 0 Å². The molecule has 6 heteroatoms. The summed E-state index contributed by atoms with van der Waals surface area (Å²) in [7, 11) is 0. The number of carbonyl (C=O) groups is 1. The SMILES string of the molecule is CCCCCCCCCCCCCCOc1ccc(NC(=O)c2ccc(CN3C=CSC3)cc2)cc1Cl. The van der Waals surface area contributed by atoms with Crippen molar-refractivity contribution in [2.45, 2.75) is 90.5 Å². The van der Waals surface area contributed by atoms with Crippen LogP contribution in [0.1, 0.15) is 99.9 Å². The lowest BCUT2D eigenvalue weighted by atomic mass is 10.1. The van der Waals surface area contributed by atoms with E-state index in [0.717, 1.165) is 18.8 Å². The van der Waals surface area contributed by atoms with Crippen molar-refractivity contribution in [1.82, 2.24) is 4.90 Å². The van der Waals surface area contributed by atoms with Gasteiger partial charge in [0, 0.05) is 24.0 Å². The predicted molar refractivity (Wildman–Crippen MR) is 160 cm³/mol. The number of ether oxygens (including phenoxy) is 1. The molecule has 0 spiro atoms. The number of anilines is 1. The predicted octanol–water partition coefficient (Wildman–Crippen LogP) is 9.65. The van der Waals surface area contributed by atoms with Gasteiger partial charge in [-0.2, -0.15) is 0 Å². The van der Waals surface area contributed by atoms with Crippen LogP contribution in [0.2, 0.25) is 5.02 Å². The summed E-state index contributed by atoms with van der Waals surface area (Å²) >= 11 is 8.21. The van der Waals surface area contributed by atoms with Crippen LogP contribution in [0.5, 0.6) is 5.75 Å². The van der Waals surface area contributed by atoms with Crippen molar-refractivity contribution < 1.29 is 9.53 Å². The van der Waals surface area contributed by atoms with Gasteiger partial charge in [0.25, 0.3) is 5.91 Å². The third-order valence-corrected chi connectivity index (χ3v) is 7.75. The molecule has 0 aromatic heterocycles. The molecule has 0 bridgehead atoms. The van der Waals surface area contributed by atoms with Gasteiger partial charge in [-0.1, -0.05) is 101 Å². The molecular formula is C31H43ClN2O2S. The molecule has 0 unspecified atom stereocenters. The Bertz CT molecular complexity index is 964. The standard InChI is InChI=1S/C31H43ClN2O2S/c1-2-3-4-5-6-7-8-9-10-11-12-13-21-36-30-19-18-28(23-29(30)32)33-31(35)27-16-14-26(15-17-27)24-34-20-22-37-25-34/h14-20,22-23H,2-13,21,24-25H2,1H3,(H,33,35). The van der Waals surface area contributed by atoms with Crippen LogP contribution in [0, 0.1) is 0 Å². The fourth-order valence-electron chi connectivity index (χ4n) is 4.43. The summed E-state index contributed by atoms with van der Waals surface area (Å²) in [5, 5.41) is 5.55. The number of halogens is 1. The summed E-state index contributed by atoms with van der Waals surface area (Å²) in [4.78, 5) is 14.9. The van der Waals surface area contributed by atoms with Crippen LogP contribution in [0.4, 0.5) is 5.69 Å². The van der Waals surface area contributed by atoms with Crippen LogP contribution in [0.25, 0.3) is 0 Å². The largest absolute Gasteiger partial charge is 0.492 e. The zero-order valence-electron chi connectivity index (χ0n) is 22.4. The lowest BCUT2D eigenvalue weighted by Crippen LogP contribution is -2.14. The molecule has 3 rings (SSSR count). The third kappa shape index (κ3) is 11.4. The van der Waals surface area contributed by atoms with E-state index < -0.39 is 0 Å². The van der Waals surface area contributed by atoms with Gasteiger partial charge in [0.1, 0.15) is 5.75 Å². The Morgan fingerprint density at radius 2 is 1.57 bits per heavy atom. The van der Waals surface area contributed by atoms with E-state index >= 15 is 0 Å². The van der Waals surface area contributed by atoms with E-state index in [0.29, 0.717) is 28.6 Å². The Labute approximate surface area is 233 Å². The van der Waals surface area contributed by atoms with E-state index in [-0.39, 0.29) is 5.91 Å². The molecular weight excluding hydrogens is 500 g/mol. The van der Waals surface area contributed by atoms with Crippen LogP contribution in [0.15, 0.2) is 54.1 Å². The number of carbonyl (C=O) groups excluding carboxylic acids is 1. The Morgan fingerprint density at radius 3 is 2.16 bits per heavy atom. The minimum Gasteiger partial charge on any atom is -0.492 e. The molecule has 1 aliphatic rings. The number of unbranched alkanes of at least 4 members (excludes halogenated alkanes) is 11. The first kappa shape index (κ1) is 29.4. The van der Waals surface area contributed by atoms with E-state index in [9.17, 15) is 4.79 Å². The Morgan fingerprint density at radius 1 is 0.919 bits per heavy atom. The maximum absolute atomic E-state index is 12.7. The Balaban J connectivity index is 1.28. The zero-order chi connectivity index (χ0) is 26.1. The first-order valence-electron chi connectivity index (χ1n) is 14.0. The number of thioether (sulfide) groups is 1. The summed E-state index contributed by atoms with van der Waals surface area (Å²) in [6.45, 7) is 3.79. The zero-order valence-corrected chi connectivity index (χ0v) is 23.9. The molecule has 2 aromatic rings. The number of amides is 1. The molecule has 202 valence electrons. The van der Waals surface area contributed by atoms with Crippen molar-refractivity contribution >= 4 is 35.0 Å². The molecule has 1 heterocycles. The average Bonchev–Trinajstić information content (AvgIpc) is 3.41. The quantitative estimate of drug-likeness (QED) is 0.190. The van der Waals surface area contributed by atoms with Crippen molar-refractivity contribution in [2.24, 2.45) is 0 Å². The summed E-state index contributed by atoms with van der Waals surface area (Å²) in [5.41, 5.74) is 2.47. The molecule has 0 radical (unpaired) electrons. The van der Waals surface area contributed by atoms with E-state index in [2.05, 4.69) is 28.7 Å². The molecule has 0 saturated heterocycles. The van der Waals surface area contributed by atoms with Crippen LogP contribution in [-0.2, 0) is 6.54 Å². The lowest BCUT2D eigenvalue weighted by Gasteiger charge is -2.14. The van der Waals surface area contributed by atoms with Gasteiger partial charge in [-0.3, -0.25) is 4.79 Å². The summed E-state index contributed by atoms with van der Waals surface area (Å²) in [6, 6.07) is 13.2. The molecule has 0 saturated carbocycles. The van der Waals surface area contributed by atoms with Crippen LogP contribution >= 0.6 is 23.4 Å². The molecule has 0 atom stereocenters.